The number of esters is 1. The maximum absolute atomic E-state index is 12.3. The van der Waals surface area contributed by atoms with E-state index in [0.717, 1.165) is 11.1 Å². The molecule has 25 heavy (non-hydrogen) atoms. The summed E-state index contributed by atoms with van der Waals surface area (Å²) in [7, 11) is 5.32. The second-order valence-corrected chi connectivity index (χ2v) is 6.40. The number of nitrogens with one attached hydrogen (secondary N) is 1. The Morgan fingerprint density at radius 3 is 2.28 bits per heavy atom. The van der Waals surface area contributed by atoms with E-state index in [1.165, 1.54) is 0 Å². The summed E-state index contributed by atoms with van der Waals surface area (Å²) in [6, 6.07) is 19.3. The molecule has 3 atom stereocenters. The summed E-state index contributed by atoms with van der Waals surface area (Å²) < 4.78 is 5.57. The number of hydrogen-bond acceptors (Lipinski definition) is 3. The van der Waals surface area contributed by atoms with Gasteiger partial charge in [0.1, 0.15) is 6.10 Å². The van der Waals surface area contributed by atoms with Crippen LogP contribution in [0, 0.1) is 5.92 Å². The van der Waals surface area contributed by atoms with Crippen molar-refractivity contribution in [1.29, 1.82) is 0 Å². The topological polar surface area (TPSA) is 55.4 Å². The minimum atomic E-state index is -0.608. The number of amides is 1. The van der Waals surface area contributed by atoms with Crippen LogP contribution < -0.4 is 5.32 Å². The Balaban J connectivity index is 1.69. The Morgan fingerprint density at radius 1 is 1.08 bits per heavy atom. The zero-order valence-corrected chi connectivity index (χ0v) is 13.9. The molecular weight excluding hydrogens is 313 g/mol. The van der Waals surface area contributed by atoms with Crippen molar-refractivity contribution in [2.24, 2.45) is 5.92 Å². The van der Waals surface area contributed by atoms with Gasteiger partial charge in [-0.3, -0.25) is 9.59 Å². The Labute approximate surface area is 149 Å². The van der Waals surface area contributed by atoms with Crippen LogP contribution in [0.5, 0.6) is 0 Å². The second-order valence-electron chi connectivity index (χ2n) is 6.40. The largest absolute Gasteiger partial charge is 0.460 e. The molecular formula is C20H20BNO3. The van der Waals surface area contributed by atoms with Gasteiger partial charge in [-0.25, -0.2) is 0 Å². The van der Waals surface area contributed by atoms with Gasteiger partial charge in [-0.2, -0.15) is 0 Å². The molecule has 0 bridgehead atoms. The van der Waals surface area contributed by atoms with Crippen LogP contribution >= 0.6 is 0 Å². The lowest BCUT2D eigenvalue weighted by Crippen LogP contribution is -2.44. The van der Waals surface area contributed by atoms with Gasteiger partial charge in [0.15, 0.2) is 5.81 Å². The third-order valence-corrected chi connectivity index (χ3v) is 4.52. The van der Waals surface area contributed by atoms with Crippen molar-refractivity contribution in [3.63, 3.8) is 0 Å². The molecule has 1 aliphatic rings. The number of ether oxygens (including phenoxy) is 1. The summed E-state index contributed by atoms with van der Waals surface area (Å²) >= 11 is 0. The monoisotopic (exact) mass is 333 g/mol. The zero-order chi connectivity index (χ0) is 17.6. The summed E-state index contributed by atoms with van der Waals surface area (Å²) in [4.78, 5) is 23.6. The normalized spacial score (nSPS) is 20.7. The van der Waals surface area contributed by atoms with Crippen LogP contribution in [0.1, 0.15) is 17.5 Å². The lowest BCUT2D eigenvalue weighted by atomic mass is 9.91. The van der Waals surface area contributed by atoms with Crippen molar-refractivity contribution in [2.75, 3.05) is 0 Å². The summed E-state index contributed by atoms with van der Waals surface area (Å²) in [6.07, 6.45) is 1.42. The number of carbonyl (C=O) groups excluding carboxylic acids is 2. The van der Waals surface area contributed by atoms with Crippen molar-refractivity contribution >= 4 is 19.6 Å². The SMILES string of the molecule is [B]C(=O)NC(Cc1ccccc1)C1CC(Cc2ccccc2)C(=O)O1. The van der Waals surface area contributed by atoms with Gasteiger partial charge in [0.25, 0.3) is 0 Å². The zero-order valence-electron chi connectivity index (χ0n) is 13.9. The highest BCUT2D eigenvalue weighted by molar-refractivity contribution is 6.57. The van der Waals surface area contributed by atoms with Crippen LogP contribution in [0.25, 0.3) is 0 Å². The summed E-state index contributed by atoms with van der Waals surface area (Å²) in [5, 5.41) is 2.74. The van der Waals surface area contributed by atoms with E-state index in [0.29, 0.717) is 19.3 Å². The number of rotatable bonds is 6. The van der Waals surface area contributed by atoms with Crippen LogP contribution in [0.4, 0.5) is 4.79 Å². The van der Waals surface area contributed by atoms with Gasteiger partial charge in [-0.05, 0) is 24.0 Å². The van der Waals surface area contributed by atoms with Crippen molar-refractivity contribution in [1.82, 2.24) is 5.32 Å². The van der Waals surface area contributed by atoms with E-state index >= 15 is 0 Å². The van der Waals surface area contributed by atoms with E-state index in [1.807, 2.05) is 60.7 Å². The lowest BCUT2D eigenvalue weighted by Gasteiger charge is -2.23. The van der Waals surface area contributed by atoms with E-state index in [2.05, 4.69) is 5.32 Å². The van der Waals surface area contributed by atoms with Gasteiger partial charge in [0.2, 0.25) is 7.85 Å². The van der Waals surface area contributed by atoms with Crippen molar-refractivity contribution in [2.45, 2.75) is 31.4 Å². The second kappa shape index (κ2) is 8.01. The van der Waals surface area contributed by atoms with Crippen LogP contribution in [0.3, 0.4) is 0 Å². The van der Waals surface area contributed by atoms with E-state index in [1.54, 1.807) is 0 Å². The molecule has 0 saturated carbocycles. The number of cyclic esters (lactones) is 1. The third-order valence-electron chi connectivity index (χ3n) is 4.52. The standard InChI is InChI=1S/C20H20BNO3/c21-20(24)22-17(12-15-9-5-2-6-10-15)18-13-16(19(23)25-18)11-14-7-3-1-4-8-14/h1-10,16-18H,11-13H2,(H,22,24). The highest BCUT2D eigenvalue weighted by Crippen LogP contribution is 2.28. The fraction of sp³-hybridized carbons (Fsp3) is 0.300. The van der Waals surface area contributed by atoms with Crippen LogP contribution in [0.15, 0.2) is 60.7 Å². The molecule has 2 aromatic carbocycles. The van der Waals surface area contributed by atoms with Crippen molar-refractivity contribution in [3.8, 4) is 0 Å². The van der Waals surface area contributed by atoms with Crippen LogP contribution in [0.2, 0.25) is 0 Å². The summed E-state index contributed by atoms with van der Waals surface area (Å²) in [5.41, 5.74) is 2.16. The summed E-state index contributed by atoms with van der Waals surface area (Å²) in [5.74, 6) is -1.01. The smallest absolute Gasteiger partial charge is 0.309 e. The van der Waals surface area contributed by atoms with E-state index in [4.69, 9.17) is 12.6 Å². The average Bonchev–Trinajstić information content (AvgIpc) is 2.96. The maximum atomic E-state index is 12.3. The average molecular weight is 333 g/mol. The predicted octanol–water partition coefficient (Wildman–Crippen LogP) is 2.65. The molecule has 3 unspecified atom stereocenters. The van der Waals surface area contributed by atoms with E-state index in [9.17, 15) is 9.59 Å². The molecule has 1 saturated heterocycles. The summed E-state index contributed by atoms with van der Waals surface area (Å²) in [6.45, 7) is 0. The first-order valence-electron chi connectivity index (χ1n) is 8.46. The minimum absolute atomic E-state index is 0.194. The molecule has 126 valence electrons. The molecule has 0 spiro atoms. The van der Waals surface area contributed by atoms with Crippen molar-refractivity contribution < 1.29 is 14.3 Å². The molecule has 2 aromatic rings. The van der Waals surface area contributed by atoms with Crippen LogP contribution in [-0.4, -0.2) is 31.8 Å². The first-order chi connectivity index (χ1) is 12.1. The molecule has 0 aromatic heterocycles. The number of benzene rings is 2. The van der Waals surface area contributed by atoms with Gasteiger partial charge in [0.05, 0.1) is 12.0 Å². The van der Waals surface area contributed by atoms with Crippen molar-refractivity contribution in [3.05, 3.63) is 71.8 Å². The first kappa shape index (κ1) is 17.3. The Kier molecular flexibility index (Phi) is 5.54. The molecule has 1 heterocycles. The highest BCUT2D eigenvalue weighted by Gasteiger charge is 2.39. The van der Waals surface area contributed by atoms with Gasteiger partial charge in [0, 0.05) is 6.42 Å². The Morgan fingerprint density at radius 2 is 1.68 bits per heavy atom. The van der Waals surface area contributed by atoms with Gasteiger partial charge in [-0.15, -0.1) is 0 Å². The van der Waals surface area contributed by atoms with Gasteiger partial charge >= 0.3 is 5.97 Å². The highest BCUT2D eigenvalue weighted by atomic mass is 16.6. The molecule has 1 amide bonds. The Hall–Kier alpha value is -2.56. The molecule has 5 heteroatoms. The molecule has 3 rings (SSSR count). The maximum Gasteiger partial charge on any atom is 0.309 e. The van der Waals surface area contributed by atoms with E-state index < -0.39 is 5.81 Å². The first-order valence-corrected chi connectivity index (χ1v) is 8.46. The molecule has 2 radical (unpaired) electrons. The molecule has 4 nitrogen and oxygen atoms in total. The van der Waals surface area contributed by atoms with Crippen LogP contribution in [-0.2, 0) is 22.4 Å². The van der Waals surface area contributed by atoms with Gasteiger partial charge in [-0.1, -0.05) is 60.7 Å². The molecule has 0 aliphatic carbocycles. The number of hydrogen-bond donors (Lipinski definition) is 1. The fourth-order valence-electron chi connectivity index (χ4n) is 3.31. The third kappa shape index (κ3) is 4.72. The quantitative estimate of drug-likeness (QED) is 0.653. The molecule has 1 N–H and O–H groups in total. The Bertz CT molecular complexity index is 720. The molecule has 1 fully saturated rings. The van der Waals surface area contributed by atoms with Gasteiger partial charge < -0.3 is 10.1 Å². The fourth-order valence-corrected chi connectivity index (χ4v) is 3.31. The van der Waals surface area contributed by atoms with E-state index in [-0.39, 0.29) is 24.0 Å². The number of carbonyl (C=O) groups is 2. The molecule has 1 aliphatic heterocycles. The lowest BCUT2D eigenvalue weighted by molar-refractivity contribution is -0.145. The predicted molar refractivity (Wildman–Crippen MR) is 96.4 cm³/mol. The minimum Gasteiger partial charge on any atom is -0.460 e.